The first kappa shape index (κ1) is 9.26. The van der Waals surface area contributed by atoms with Gasteiger partial charge in [0.25, 0.3) is 0 Å². The Hall–Kier alpha value is -1.83. The average Bonchev–Trinajstić information content (AvgIpc) is 2.53. The Bertz CT molecular complexity index is 334. The maximum Gasteiger partial charge on any atom is 0.328 e. The lowest BCUT2D eigenvalue weighted by Gasteiger charge is -1.91. The van der Waals surface area contributed by atoms with Gasteiger partial charge in [0.2, 0.25) is 11.0 Å². The molecule has 0 saturated carbocycles. The van der Waals surface area contributed by atoms with E-state index in [-0.39, 0.29) is 5.13 Å². The Kier molecular flexibility index (Phi) is 3.03. The van der Waals surface area contributed by atoms with Crippen molar-refractivity contribution >= 4 is 28.5 Å². The largest absolute Gasteiger partial charge is 0.478 e. The lowest BCUT2D eigenvalue weighted by Crippen LogP contribution is -2.08. The molecule has 1 amide bonds. The smallest absolute Gasteiger partial charge is 0.328 e. The second-order valence-electron chi connectivity index (χ2n) is 1.83. The molecule has 0 unspecified atom stereocenters. The zero-order valence-corrected chi connectivity index (χ0v) is 6.98. The molecule has 1 heterocycles. The first-order chi connectivity index (χ1) is 6.18. The van der Waals surface area contributed by atoms with Crippen molar-refractivity contribution in [3.8, 4) is 0 Å². The van der Waals surface area contributed by atoms with E-state index < -0.39 is 11.9 Å². The van der Waals surface area contributed by atoms with E-state index in [1.807, 2.05) is 0 Å². The van der Waals surface area contributed by atoms with Gasteiger partial charge in [0.1, 0.15) is 0 Å². The Balaban J connectivity index is 2.47. The quantitative estimate of drug-likeness (QED) is 0.638. The second kappa shape index (κ2) is 4.26. The van der Waals surface area contributed by atoms with Crippen molar-refractivity contribution in [3.63, 3.8) is 0 Å². The highest BCUT2D eigenvalue weighted by atomic mass is 32.1. The highest BCUT2D eigenvalue weighted by molar-refractivity contribution is 7.09. The molecule has 0 atom stereocenters. The van der Waals surface area contributed by atoms with Crippen molar-refractivity contribution in [2.24, 2.45) is 0 Å². The van der Waals surface area contributed by atoms with Gasteiger partial charge >= 0.3 is 5.97 Å². The summed E-state index contributed by atoms with van der Waals surface area (Å²) in [5.74, 6) is -1.77. The molecular weight excluding hydrogens is 196 g/mol. The molecule has 2 N–H and O–H groups in total. The molecule has 0 spiro atoms. The molecule has 0 bridgehead atoms. The van der Waals surface area contributed by atoms with Crippen LogP contribution in [0.25, 0.3) is 0 Å². The number of aliphatic carboxylic acids is 1. The van der Waals surface area contributed by atoms with Crippen LogP contribution in [0.2, 0.25) is 0 Å². The molecular formula is C5H4N4O3S. The molecule has 1 aromatic rings. The third kappa shape index (κ3) is 3.38. The highest BCUT2D eigenvalue weighted by Crippen LogP contribution is 2.03. The molecule has 0 fully saturated rings. The maximum absolute atomic E-state index is 10.9. The van der Waals surface area contributed by atoms with Crippen LogP contribution in [0.4, 0.5) is 5.13 Å². The summed E-state index contributed by atoms with van der Waals surface area (Å²) < 4.78 is 3.40. The molecule has 0 aliphatic heterocycles. The number of amides is 1. The predicted octanol–water partition coefficient (Wildman–Crippen LogP) is -0.488. The monoisotopic (exact) mass is 200 g/mol. The maximum atomic E-state index is 10.9. The van der Waals surface area contributed by atoms with Crippen LogP contribution in [0.15, 0.2) is 12.2 Å². The Morgan fingerprint density at radius 3 is 2.77 bits per heavy atom. The Morgan fingerprint density at radius 1 is 1.46 bits per heavy atom. The Labute approximate surface area is 76.2 Å². The highest BCUT2D eigenvalue weighted by Gasteiger charge is 2.01. The predicted molar refractivity (Wildman–Crippen MR) is 43.1 cm³/mol. The summed E-state index contributed by atoms with van der Waals surface area (Å²) in [6.45, 7) is 0. The van der Waals surface area contributed by atoms with Gasteiger partial charge in [0, 0.05) is 23.7 Å². The summed E-state index contributed by atoms with van der Waals surface area (Å²) in [5, 5.41) is 17.3. The van der Waals surface area contributed by atoms with Crippen LogP contribution in [-0.2, 0) is 9.59 Å². The summed E-state index contributed by atoms with van der Waals surface area (Å²) in [4.78, 5) is 20.9. The van der Waals surface area contributed by atoms with E-state index >= 15 is 0 Å². The van der Waals surface area contributed by atoms with Crippen molar-refractivity contribution in [2.75, 3.05) is 5.32 Å². The molecule has 13 heavy (non-hydrogen) atoms. The number of aromatic nitrogens is 3. The van der Waals surface area contributed by atoms with Gasteiger partial charge < -0.3 is 5.11 Å². The van der Waals surface area contributed by atoms with Crippen LogP contribution >= 0.6 is 11.5 Å². The van der Waals surface area contributed by atoms with Crippen LogP contribution < -0.4 is 5.32 Å². The lowest BCUT2D eigenvalue weighted by atomic mass is 10.5. The first-order valence-electron chi connectivity index (χ1n) is 3.05. The van der Waals surface area contributed by atoms with E-state index in [1.54, 1.807) is 0 Å². The van der Waals surface area contributed by atoms with Crippen LogP contribution in [0, 0.1) is 0 Å². The number of hydrogen-bond acceptors (Lipinski definition) is 6. The van der Waals surface area contributed by atoms with E-state index in [1.165, 1.54) is 0 Å². The van der Waals surface area contributed by atoms with Gasteiger partial charge in [-0.15, -0.1) is 0 Å². The zero-order chi connectivity index (χ0) is 9.68. The number of carboxylic acids is 1. The number of carbonyl (C=O) groups excluding carboxylic acids is 1. The van der Waals surface area contributed by atoms with Gasteiger partial charge in [0.15, 0.2) is 0 Å². The molecule has 1 aromatic heterocycles. The molecule has 7 nitrogen and oxygen atoms in total. The summed E-state index contributed by atoms with van der Waals surface area (Å²) >= 11 is 0.900. The van der Waals surface area contributed by atoms with Crippen molar-refractivity contribution in [2.45, 2.75) is 0 Å². The molecule has 1 rings (SSSR count). The van der Waals surface area contributed by atoms with Crippen molar-refractivity contribution in [1.29, 1.82) is 0 Å². The van der Waals surface area contributed by atoms with Crippen LogP contribution in [0.3, 0.4) is 0 Å². The number of anilines is 1. The third-order valence-corrected chi connectivity index (χ3v) is 1.42. The minimum absolute atomic E-state index is 0.222. The fourth-order valence-corrected chi connectivity index (χ4v) is 0.846. The van der Waals surface area contributed by atoms with E-state index in [0.29, 0.717) is 0 Å². The first-order valence-corrected chi connectivity index (χ1v) is 3.83. The van der Waals surface area contributed by atoms with E-state index in [4.69, 9.17) is 5.11 Å². The molecule has 68 valence electrons. The van der Waals surface area contributed by atoms with Crippen molar-refractivity contribution < 1.29 is 14.7 Å². The van der Waals surface area contributed by atoms with Crippen LogP contribution in [0.1, 0.15) is 0 Å². The number of hydrogen-bond donors (Lipinski definition) is 2. The van der Waals surface area contributed by atoms with E-state index in [0.717, 1.165) is 23.7 Å². The molecule has 8 heteroatoms. The van der Waals surface area contributed by atoms with E-state index in [9.17, 15) is 9.59 Å². The van der Waals surface area contributed by atoms with Crippen molar-refractivity contribution in [3.05, 3.63) is 12.2 Å². The van der Waals surface area contributed by atoms with Gasteiger partial charge in [-0.1, -0.05) is 9.59 Å². The molecule has 0 aliphatic rings. The van der Waals surface area contributed by atoms with Gasteiger partial charge in [0.05, 0.1) is 0 Å². The Morgan fingerprint density at radius 2 is 2.23 bits per heavy atom. The molecule has 0 aliphatic carbocycles. The summed E-state index contributed by atoms with van der Waals surface area (Å²) in [5.41, 5.74) is 0. The number of nitrogens with one attached hydrogen (secondary N) is 1. The number of carboxylic acid groups (broad SMARTS) is 1. The average molecular weight is 200 g/mol. The van der Waals surface area contributed by atoms with Gasteiger partial charge in [-0.2, -0.15) is 0 Å². The zero-order valence-electron chi connectivity index (χ0n) is 6.17. The number of rotatable bonds is 3. The third-order valence-electron chi connectivity index (χ3n) is 0.907. The van der Waals surface area contributed by atoms with Crippen LogP contribution in [0.5, 0.6) is 0 Å². The topological polar surface area (TPSA) is 105 Å². The number of carbonyl (C=O) groups is 2. The fraction of sp³-hybridized carbons (Fsp3) is 0. The summed E-state index contributed by atoms with van der Waals surface area (Å²) in [6.07, 6.45) is 1.60. The summed E-state index contributed by atoms with van der Waals surface area (Å²) in [7, 11) is 0. The van der Waals surface area contributed by atoms with Gasteiger partial charge in [-0.3, -0.25) is 10.1 Å². The number of nitrogens with zero attached hydrogens (tertiary/aromatic N) is 3. The minimum atomic E-state index is -1.19. The van der Waals surface area contributed by atoms with Gasteiger partial charge in [-0.25, -0.2) is 4.79 Å². The van der Waals surface area contributed by atoms with E-state index in [2.05, 4.69) is 20.1 Å². The van der Waals surface area contributed by atoms with Crippen molar-refractivity contribution in [1.82, 2.24) is 14.8 Å². The summed E-state index contributed by atoms with van der Waals surface area (Å²) in [6, 6.07) is 0. The minimum Gasteiger partial charge on any atom is -0.478 e. The second-order valence-corrected chi connectivity index (χ2v) is 2.56. The molecule has 0 saturated heterocycles. The molecule has 0 aromatic carbocycles. The normalized spacial score (nSPS) is 10.2. The fourth-order valence-electron chi connectivity index (χ4n) is 0.476. The SMILES string of the molecule is O=C(O)/C=C/C(=O)Nc1nnns1. The lowest BCUT2D eigenvalue weighted by molar-refractivity contribution is -0.131. The van der Waals surface area contributed by atoms with Gasteiger partial charge in [-0.05, 0) is 5.21 Å². The molecule has 0 radical (unpaired) electrons. The van der Waals surface area contributed by atoms with Crippen LogP contribution in [-0.4, -0.2) is 31.8 Å². The standard InChI is InChI=1S/C5H4N4O3S/c10-3(1-2-4(11)12)6-5-7-8-9-13-5/h1-2H,(H,11,12)(H,6,7,9,10)/b2-1+.